The van der Waals surface area contributed by atoms with Crippen LogP contribution in [0.15, 0.2) is 11.4 Å². The summed E-state index contributed by atoms with van der Waals surface area (Å²) in [6, 6.07) is 1.73. The van der Waals surface area contributed by atoms with Crippen LogP contribution in [0.25, 0.3) is 0 Å². The van der Waals surface area contributed by atoms with Gasteiger partial charge in [0.15, 0.2) is 6.10 Å². The number of aliphatic hydroxyl groups excluding tert-OH is 2. The standard InChI is InChI=1S/C10H14O4S/c1-3-14-10(13)9(12)8(11)7-4-6(2)5-15-7/h4-5,8-9,11-12H,3H2,1-2H3. The van der Waals surface area contributed by atoms with Crippen molar-refractivity contribution in [3.8, 4) is 0 Å². The molecule has 84 valence electrons. The molecule has 0 fully saturated rings. The fraction of sp³-hybridized carbons (Fsp3) is 0.500. The van der Waals surface area contributed by atoms with Gasteiger partial charge in [-0.05, 0) is 30.9 Å². The van der Waals surface area contributed by atoms with Gasteiger partial charge >= 0.3 is 5.97 Å². The second kappa shape index (κ2) is 5.25. The van der Waals surface area contributed by atoms with E-state index in [4.69, 9.17) is 0 Å². The largest absolute Gasteiger partial charge is 0.464 e. The highest BCUT2D eigenvalue weighted by Crippen LogP contribution is 2.24. The van der Waals surface area contributed by atoms with Gasteiger partial charge in [0.05, 0.1) is 6.61 Å². The first-order chi connectivity index (χ1) is 7.06. The predicted octanol–water partition coefficient (Wildman–Crippen LogP) is 1.01. The van der Waals surface area contributed by atoms with Gasteiger partial charge in [-0.1, -0.05) is 0 Å². The van der Waals surface area contributed by atoms with Crippen molar-refractivity contribution in [1.29, 1.82) is 0 Å². The lowest BCUT2D eigenvalue weighted by atomic mass is 10.1. The molecule has 2 atom stereocenters. The summed E-state index contributed by atoms with van der Waals surface area (Å²) in [6.45, 7) is 3.71. The summed E-state index contributed by atoms with van der Waals surface area (Å²) in [5.74, 6) is -0.795. The van der Waals surface area contributed by atoms with Gasteiger partial charge < -0.3 is 14.9 Å². The number of carbonyl (C=O) groups excluding carboxylic acids is 1. The number of hydrogen-bond donors (Lipinski definition) is 2. The predicted molar refractivity (Wildman–Crippen MR) is 56.7 cm³/mol. The van der Waals surface area contributed by atoms with E-state index in [-0.39, 0.29) is 6.61 Å². The highest BCUT2D eigenvalue weighted by molar-refractivity contribution is 7.10. The fourth-order valence-electron chi connectivity index (χ4n) is 1.12. The van der Waals surface area contributed by atoms with Crippen LogP contribution in [0.4, 0.5) is 0 Å². The summed E-state index contributed by atoms with van der Waals surface area (Å²) in [5.41, 5.74) is 0.991. The van der Waals surface area contributed by atoms with Gasteiger partial charge in [0.25, 0.3) is 0 Å². The Balaban J connectivity index is 2.67. The van der Waals surface area contributed by atoms with Crippen molar-refractivity contribution >= 4 is 17.3 Å². The monoisotopic (exact) mass is 230 g/mol. The van der Waals surface area contributed by atoms with E-state index in [1.165, 1.54) is 11.3 Å². The second-order valence-electron chi connectivity index (χ2n) is 3.17. The average Bonchev–Trinajstić information content (AvgIpc) is 2.63. The van der Waals surface area contributed by atoms with Crippen LogP contribution in [0, 0.1) is 6.92 Å². The Labute approximate surface area is 92.1 Å². The van der Waals surface area contributed by atoms with Gasteiger partial charge in [0.2, 0.25) is 0 Å². The third-order valence-corrected chi connectivity index (χ3v) is 2.99. The maximum absolute atomic E-state index is 11.1. The van der Waals surface area contributed by atoms with Crippen molar-refractivity contribution in [2.75, 3.05) is 6.61 Å². The third kappa shape index (κ3) is 3.02. The summed E-state index contributed by atoms with van der Waals surface area (Å²) in [7, 11) is 0. The van der Waals surface area contributed by atoms with Gasteiger partial charge in [0, 0.05) is 4.88 Å². The highest BCUT2D eigenvalue weighted by Gasteiger charge is 2.27. The summed E-state index contributed by atoms with van der Waals surface area (Å²) < 4.78 is 4.61. The van der Waals surface area contributed by atoms with Crippen molar-refractivity contribution < 1.29 is 19.7 Å². The van der Waals surface area contributed by atoms with Crippen molar-refractivity contribution in [1.82, 2.24) is 0 Å². The van der Waals surface area contributed by atoms with Crippen LogP contribution in [-0.2, 0) is 9.53 Å². The zero-order valence-electron chi connectivity index (χ0n) is 8.64. The molecule has 0 amide bonds. The Kier molecular flexibility index (Phi) is 4.26. The first-order valence-electron chi connectivity index (χ1n) is 4.64. The van der Waals surface area contributed by atoms with Crippen molar-refractivity contribution in [3.63, 3.8) is 0 Å². The topological polar surface area (TPSA) is 66.8 Å². The summed E-state index contributed by atoms with van der Waals surface area (Å²) in [5, 5.41) is 21.0. The first-order valence-corrected chi connectivity index (χ1v) is 5.52. The molecule has 0 aliphatic heterocycles. The van der Waals surface area contributed by atoms with E-state index >= 15 is 0 Å². The quantitative estimate of drug-likeness (QED) is 0.758. The van der Waals surface area contributed by atoms with Gasteiger partial charge in [0.1, 0.15) is 6.10 Å². The number of hydrogen-bond acceptors (Lipinski definition) is 5. The molecule has 0 aliphatic rings. The van der Waals surface area contributed by atoms with Gasteiger partial charge in [-0.3, -0.25) is 0 Å². The van der Waals surface area contributed by atoms with Crippen molar-refractivity contribution in [2.45, 2.75) is 26.1 Å². The van der Waals surface area contributed by atoms with E-state index in [2.05, 4.69) is 4.74 Å². The fourth-order valence-corrected chi connectivity index (χ4v) is 2.03. The molecular formula is C10H14O4S. The van der Waals surface area contributed by atoms with E-state index in [0.717, 1.165) is 5.56 Å². The molecule has 0 bridgehead atoms. The SMILES string of the molecule is CCOC(=O)C(O)C(O)c1cc(C)cs1. The lowest BCUT2D eigenvalue weighted by molar-refractivity contribution is -0.159. The van der Waals surface area contributed by atoms with E-state index in [9.17, 15) is 15.0 Å². The normalized spacial score (nSPS) is 14.7. The highest BCUT2D eigenvalue weighted by atomic mass is 32.1. The Morgan fingerprint density at radius 1 is 1.60 bits per heavy atom. The average molecular weight is 230 g/mol. The minimum Gasteiger partial charge on any atom is -0.464 e. The van der Waals surface area contributed by atoms with Crippen molar-refractivity contribution in [3.05, 3.63) is 21.9 Å². The molecule has 0 aromatic carbocycles. The number of esters is 1. The molecule has 0 radical (unpaired) electrons. The molecule has 2 N–H and O–H groups in total. The van der Waals surface area contributed by atoms with Crippen LogP contribution in [0.3, 0.4) is 0 Å². The number of rotatable bonds is 4. The smallest absolute Gasteiger partial charge is 0.338 e. The molecular weight excluding hydrogens is 216 g/mol. The Bertz CT molecular complexity index is 334. The van der Waals surface area contributed by atoms with Gasteiger partial charge in [-0.25, -0.2) is 4.79 Å². The van der Waals surface area contributed by atoms with Crippen LogP contribution in [0.2, 0.25) is 0 Å². The molecule has 1 heterocycles. The molecule has 0 saturated heterocycles. The number of aryl methyl sites for hydroxylation is 1. The maximum atomic E-state index is 11.1. The van der Waals surface area contributed by atoms with Crippen LogP contribution in [0.1, 0.15) is 23.5 Å². The van der Waals surface area contributed by atoms with Gasteiger partial charge in [-0.2, -0.15) is 0 Å². The number of carbonyl (C=O) groups is 1. The van der Waals surface area contributed by atoms with Crippen LogP contribution < -0.4 is 0 Å². The molecule has 0 spiro atoms. The van der Waals surface area contributed by atoms with Gasteiger partial charge in [-0.15, -0.1) is 11.3 Å². The number of aliphatic hydroxyl groups is 2. The molecule has 0 aliphatic carbocycles. The molecule has 2 unspecified atom stereocenters. The Hall–Kier alpha value is -0.910. The summed E-state index contributed by atoms with van der Waals surface area (Å²) >= 11 is 1.30. The Morgan fingerprint density at radius 2 is 2.27 bits per heavy atom. The van der Waals surface area contributed by atoms with E-state index in [1.807, 2.05) is 12.3 Å². The van der Waals surface area contributed by atoms with E-state index < -0.39 is 18.2 Å². The lowest BCUT2D eigenvalue weighted by Gasteiger charge is -2.14. The first kappa shape index (κ1) is 12.2. The van der Waals surface area contributed by atoms with Crippen molar-refractivity contribution in [2.24, 2.45) is 0 Å². The van der Waals surface area contributed by atoms with Crippen LogP contribution >= 0.6 is 11.3 Å². The summed E-state index contributed by atoms with van der Waals surface area (Å²) in [4.78, 5) is 11.7. The second-order valence-corrected chi connectivity index (χ2v) is 4.11. The number of ether oxygens (including phenoxy) is 1. The molecule has 4 nitrogen and oxygen atoms in total. The minimum atomic E-state index is -1.51. The Morgan fingerprint density at radius 3 is 2.73 bits per heavy atom. The molecule has 15 heavy (non-hydrogen) atoms. The summed E-state index contributed by atoms with van der Waals surface area (Å²) in [6.07, 6.45) is -2.72. The molecule has 1 aromatic heterocycles. The van der Waals surface area contributed by atoms with E-state index in [1.54, 1.807) is 13.0 Å². The zero-order chi connectivity index (χ0) is 11.4. The number of thiophene rings is 1. The lowest BCUT2D eigenvalue weighted by Crippen LogP contribution is -2.29. The van der Waals surface area contributed by atoms with E-state index in [0.29, 0.717) is 4.88 Å². The molecule has 0 saturated carbocycles. The maximum Gasteiger partial charge on any atom is 0.338 e. The molecule has 5 heteroatoms. The molecule has 1 rings (SSSR count). The zero-order valence-corrected chi connectivity index (χ0v) is 9.45. The third-order valence-electron chi connectivity index (χ3n) is 1.87. The van der Waals surface area contributed by atoms with Crippen LogP contribution in [0.5, 0.6) is 0 Å². The molecule has 1 aromatic rings. The minimum absolute atomic E-state index is 0.187. The van der Waals surface area contributed by atoms with Crippen LogP contribution in [-0.4, -0.2) is 28.9 Å².